The Balaban J connectivity index is 2.41. The highest BCUT2D eigenvalue weighted by Crippen LogP contribution is 2.37. The van der Waals surface area contributed by atoms with Gasteiger partial charge in [0.2, 0.25) is 0 Å². The zero-order valence-electron chi connectivity index (χ0n) is 12.6. The first kappa shape index (κ1) is 15.6. The first-order valence-corrected chi connectivity index (χ1v) is 7.14. The molecule has 0 aromatic heterocycles. The van der Waals surface area contributed by atoms with E-state index in [2.05, 4.69) is 0 Å². The van der Waals surface area contributed by atoms with E-state index in [1.54, 1.807) is 13.0 Å². The van der Waals surface area contributed by atoms with E-state index in [-0.39, 0.29) is 5.78 Å². The summed E-state index contributed by atoms with van der Waals surface area (Å²) in [4.78, 5) is 11.4. The number of Topliss-reactive ketones (excluding diaryl/α,β-unsaturated/α-hetero) is 1. The van der Waals surface area contributed by atoms with Gasteiger partial charge in [0.15, 0.2) is 0 Å². The largest absolute Gasteiger partial charge is 0.496 e. The van der Waals surface area contributed by atoms with E-state index in [0.717, 1.165) is 11.0 Å². The van der Waals surface area contributed by atoms with Gasteiger partial charge in [-0.2, -0.15) is 0 Å². The van der Waals surface area contributed by atoms with E-state index in [4.69, 9.17) is 20.9 Å². The second-order valence-corrected chi connectivity index (χ2v) is 6.69. The molecule has 0 amide bonds. The second kappa shape index (κ2) is 5.17. The topological polar surface area (TPSA) is 35.5 Å². The third kappa shape index (κ3) is 2.78. The van der Waals surface area contributed by atoms with Crippen molar-refractivity contribution in [3.63, 3.8) is 0 Å². The third-order valence-corrected chi connectivity index (χ3v) is 4.40. The van der Waals surface area contributed by atoms with Crippen LogP contribution in [0, 0.1) is 0 Å². The Kier molecular flexibility index (Phi) is 4.02. The van der Waals surface area contributed by atoms with Crippen LogP contribution in [0.1, 0.15) is 40.2 Å². The van der Waals surface area contributed by atoms with Crippen molar-refractivity contribution >= 4 is 30.0 Å². The van der Waals surface area contributed by atoms with Crippen LogP contribution in [0.25, 0.3) is 0 Å². The summed E-state index contributed by atoms with van der Waals surface area (Å²) in [6, 6.07) is 5.54. The van der Waals surface area contributed by atoms with Gasteiger partial charge in [-0.15, -0.1) is 0 Å². The fraction of sp³-hybridized carbons (Fsp3) is 0.533. The molecule has 2 rings (SSSR count). The van der Waals surface area contributed by atoms with E-state index < -0.39 is 18.3 Å². The maximum atomic E-state index is 11.4. The van der Waals surface area contributed by atoms with Gasteiger partial charge in [-0.1, -0.05) is 23.7 Å². The lowest BCUT2D eigenvalue weighted by Gasteiger charge is -2.32. The Labute approximate surface area is 125 Å². The quantitative estimate of drug-likeness (QED) is 0.804. The molecular weight excluding hydrogens is 274 g/mol. The summed E-state index contributed by atoms with van der Waals surface area (Å²) >= 11 is 6.31. The van der Waals surface area contributed by atoms with E-state index in [9.17, 15) is 4.79 Å². The highest BCUT2D eigenvalue weighted by atomic mass is 35.5. The van der Waals surface area contributed by atoms with Crippen LogP contribution in [0.4, 0.5) is 0 Å². The van der Waals surface area contributed by atoms with Gasteiger partial charge in [-0.05, 0) is 46.2 Å². The smallest absolute Gasteiger partial charge is 0.399 e. The van der Waals surface area contributed by atoms with Gasteiger partial charge in [-0.25, -0.2) is 0 Å². The molecule has 0 unspecified atom stereocenters. The Morgan fingerprint density at radius 2 is 1.75 bits per heavy atom. The summed E-state index contributed by atoms with van der Waals surface area (Å²) < 4.78 is 12.1. The van der Waals surface area contributed by atoms with Crippen LogP contribution < -0.4 is 5.46 Å². The van der Waals surface area contributed by atoms with E-state index >= 15 is 0 Å². The van der Waals surface area contributed by atoms with Gasteiger partial charge >= 0.3 is 7.12 Å². The minimum absolute atomic E-state index is 0.0880. The number of rotatable bonds is 3. The predicted molar refractivity (Wildman–Crippen MR) is 81.6 cm³/mol. The van der Waals surface area contributed by atoms with Gasteiger partial charge in [-0.3, -0.25) is 4.79 Å². The van der Waals surface area contributed by atoms with Crippen molar-refractivity contribution in [2.24, 2.45) is 0 Å². The molecular formula is C15H20BClO3. The predicted octanol–water partition coefficient (Wildman–Crippen LogP) is 2.77. The molecule has 0 bridgehead atoms. The van der Waals surface area contributed by atoms with E-state index in [1.807, 2.05) is 39.8 Å². The molecule has 1 aliphatic heterocycles. The molecule has 0 atom stereocenters. The lowest BCUT2D eigenvalue weighted by Crippen LogP contribution is -2.41. The molecule has 5 heteroatoms. The van der Waals surface area contributed by atoms with Crippen molar-refractivity contribution in [3.8, 4) is 0 Å². The Hall–Kier alpha value is -0.835. The Bertz CT molecular complexity index is 524. The molecule has 0 radical (unpaired) electrons. The zero-order chi connectivity index (χ0) is 15.1. The summed E-state index contributed by atoms with van der Waals surface area (Å²) in [6.45, 7) is 9.54. The summed E-state index contributed by atoms with van der Waals surface area (Å²) in [5, 5.41) is 0.572. The second-order valence-electron chi connectivity index (χ2n) is 6.28. The molecule has 0 spiro atoms. The lowest BCUT2D eigenvalue weighted by molar-refractivity contribution is -0.116. The fourth-order valence-corrected chi connectivity index (χ4v) is 2.51. The van der Waals surface area contributed by atoms with Crippen LogP contribution >= 0.6 is 11.6 Å². The van der Waals surface area contributed by atoms with Crippen LogP contribution in [0.15, 0.2) is 18.2 Å². The molecule has 1 aromatic rings. The highest BCUT2D eigenvalue weighted by Gasteiger charge is 2.52. The molecule has 1 aliphatic rings. The molecule has 0 saturated carbocycles. The van der Waals surface area contributed by atoms with Crippen LogP contribution in [-0.4, -0.2) is 24.1 Å². The molecule has 1 fully saturated rings. The zero-order valence-corrected chi connectivity index (χ0v) is 13.4. The summed E-state index contributed by atoms with van der Waals surface area (Å²) in [6.07, 6.45) is 0.333. The van der Waals surface area contributed by atoms with Crippen molar-refractivity contribution in [1.82, 2.24) is 0 Å². The van der Waals surface area contributed by atoms with Crippen molar-refractivity contribution in [1.29, 1.82) is 0 Å². The minimum Gasteiger partial charge on any atom is -0.399 e. The molecule has 1 heterocycles. The van der Waals surface area contributed by atoms with E-state index in [0.29, 0.717) is 11.4 Å². The highest BCUT2D eigenvalue weighted by molar-refractivity contribution is 6.66. The number of hydrogen-bond acceptors (Lipinski definition) is 3. The van der Waals surface area contributed by atoms with Crippen molar-refractivity contribution < 1.29 is 14.1 Å². The SMILES string of the molecule is CC(=O)Cc1cccc(Cl)c1B1OC(C)(C)C(C)(C)O1. The van der Waals surface area contributed by atoms with Gasteiger partial charge in [0.25, 0.3) is 0 Å². The molecule has 0 aliphatic carbocycles. The number of hydrogen-bond donors (Lipinski definition) is 0. The summed E-state index contributed by atoms with van der Waals surface area (Å²) in [5.74, 6) is 0.0880. The van der Waals surface area contributed by atoms with Gasteiger partial charge in [0, 0.05) is 16.9 Å². The van der Waals surface area contributed by atoms with Crippen LogP contribution in [0.5, 0.6) is 0 Å². The van der Waals surface area contributed by atoms with Gasteiger partial charge in [0.05, 0.1) is 11.2 Å². The molecule has 3 nitrogen and oxygen atoms in total. The van der Waals surface area contributed by atoms with Gasteiger partial charge < -0.3 is 9.31 Å². The number of carbonyl (C=O) groups excluding carboxylic acids is 1. The molecule has 108 valence electrons. The van der Waals surface area contributed by atoms with Crippen molar-refractivity contribution in [2.45, 2.75) is 52.2 Å². The normalized spacial score (nSPS) is 20.2. The maximum absolute atomic E-state index is 11.4. The van der Waals surface area contributed by atoms with Gasteiger partial charge in [0.1, 0.15) is 5.78 Å². The molecule has 0 N–H and O–H groups in total. The number of halogens is 1. The average molecular weight is 295 g/mol. The fourth-order valence-electron chi connectivity index (χ4n) is 2.23. The third-order valence-electron chi connectivity index (χ3n) is 4.07. The summed E-state index contributed by atoms with van der Waals surface area (Å²) in [7, 11) is -0.539. The number of carbonyl (C=O) groups is 1. The maximum Gasteiger partial charge on any atom is 0.496 e. The van der Waals surface area contributed by atoms with Crippen molar-refractivity contribution in [2.75, 3.05) is 0 Å². The average Bonchev–Trinajstić information content (AvgIpc) is 2.46. The first-order chi connectivity index (χ1) is 9.14. The van der Waals surface area contributed by atoms with Crippen LogP contribution in [0.3, 0.4) is 0 Å². The summed E-state index contributed by atoms with van der Waals surface area (Å²) in [5.41, 5.74) is 0.779. The minimum atomic E-state index is -0.539. The Morgan fingerprint density at radius 1 is 1.20 bits per heavy atom. The molecule has 1 saturated heterocycles. The number of ketones is 1. The molecule has 20 heavy (non-hydrogen) atoms. The van der Waals surface area contributed by atoms with Crippen LogP contribution in [-0.2, 0) is 20.5 Å². The number of benzene rings is 1. The standard InChI is InChI=1S/C15H20BClO3/c1-10(18)9-11-7-6-8-12(17)13(11)16-19-14(2,3)15(4,5)20-16/h6-8H,9H2,1-5H3. The monoisotopic (exact) mass is 294 g/mol. The van der Waals surface area contributed by atoms with E-state index in [1.165, 1.54) is 0 Å². The first-order valence-electron chi connectivity index (χ1n) is 6.76. The van der Waals surface area contributed by atoms with Crippen molar-refractivity contribution in [3.05, 3.63) is 28.8 Å². The Morgan fingerprint density at radius 3 is 2.25 bits per heavy atom. The lowest BCUT2D eigenvalue weighted by atomic mass is 9.75. The molecule has 1 aromatic carbocycles. The van der Waals surface area contributed by atoms with Crippen LogP contribution in [0.2, 0.25) is 5.02 Å².